The molecule has 218 valence electrons. The van der Waals surface area contributed by atoms with Gasteiger partial charge in [-0.1, -0.05) is 23.7 Å². The Balaban J connectivity index is 1.42. The molecule has 1 aromatic heterocycles. The quantitative estimate of drug-likeness (QED) is 0.424. The summed E-state index contributed by atoms with van der Waals surface area (Å²) in [7, 11) is 0.288. The molecule has 2 bridgehead atoms. The van der Waals surface area contributed by atoms with E-state index >= 15 is 4.39 Å². The summed E-state index contributed by atoms with van der Waals surface area (Å²) >= 11 is 6.07. The molecule has 41 heavy (non-hydrogen) atoms. The van der Waals surface area contributed by atoms with Crippen LogP contribution in [-0.2, 0) is 19.7 Å². The third-order valence-corrected chi connectivity index (χ3v) is 11.3. The molecule has 10 nitrogen and oxygen atoms in total. The van der Waals surface area contributed by atoms with Crippen molar-refractivity contribution in [2.45, 2.75) is 61.7 Å². The molecule has 6 rings (SSSR count). The zero-order valence-electron chi connectivity index (χ0n) is 22.7. The smallest absolute Gasteiger partial charge is 0.311 e. The standard InChI is InChI=1S/C28H31ClFN5O5S/c1-38-41(39-2)15-22(31)27(36)34(14-16-6-8-17(29)9-7-16)23-12-20(21(30)13-24(23)41)25-32-33-26(40-25)28(37)35-18-4-3-5-19(35)11-10-18/h6-9,12-13,18-19,22H,3-5,10-11,14-15,31H2,1-2H3/t18?,19?,22-/m0/s1. The number of benzene rings is 2. The SMILES string of the molecule is COS1(OC)C[C@H](N)C(=O)N(Cc2ccc(Cl)cc2)c2cc(-c3nnc(C(=O)N4C5CCCC4CC5)o3)c(F)cc21. The first-order valence-corrected chi connectivity index (χ1v) is 15.5. The Morgan fingerprint density at radius 2 is 1.80 bits per heavy atom. The highest BCUT2D eigenvalue weighted by Crippen LogP contribution is 2.62. The van der Waals surface area contributed by atoms with Crippen molar-refractivity contribution in [3.8, 4) is 11.5 Å². The fourth-order valence-electron chi connectivity index (χ4n) is 6.18. The zero-order valence-corrected chi connectivity index (χ0v) is 24.3. The van der Waals surface area contributed by atoms with Gasteiger partial charge >= 0.3 is 11.8 Å². The van der Waals surface area contributed by atoms with Crippen molar-refractivity contribution in [3.05, 3.63) is 58.7 Å². The number of halogens is 2. The first-order valence-electron chi connectivity index (χ1n) is 13.5. The fourth-order valence-corrected chi connectivity index (χ4v) is 8.64. The van der Waals surface area contributed by atoms with Gasteiger partial charge in [0.2, 0.25) is 5.91 Å². The number of amides is 2. The van der Waals surface area contributed by atoms with E-state index in [2.05, 4.69) is 10.2 Å². The van der Waals surface area contributed by atoms with Gasteiger partial charge in [0.15, 0.2) is 0 Å². The van der Waals surface area contributed by atoms with Crippen LogP contribution in [0.4, 0.5) is 10.1 Å². The number of carbonyl (C=O) groups excluding carboxylic acids is 2. The minimum atomic E-state index is -2.61. The van der Waals surface area contributed by atoms with Crippen molar-refractivity contribution in [2.75, 3.05) is 24.9 Å². The number of hydrogen-bond acceptors (Lipinski definition) is 8. The third kappa shape index (κ3) is 4.91. The highest BCUT2D eigenvalue weighted by Gasteiger charge is 2.42. The van der Waals surface area contributed by atoms with E-state index in [9.17, 15) is 9.59 Å². The molecular weight excluding hydrogens is 573 g/mol. The summed E-state index contributed by atoms with van der Waals surface area (Å²) in [6, 6.07) is 9.13. The number of nitrogens with zero attached hydrogens (tertiary/aromatic N) is 4. The molecule has 2 amide bonds. The van der Waals surface area contributed by atoms with Crippen LogP contribution >= 0.6 is 22.2 Å². The van der Waals surface area contributed by atoms with Gasteiger partial charge in [-0.2, -0.15) is 10.6 Å². The molecule has 2 unspecified atom stereocenters. The van der Waals surface area contributed by atoms with Crippen LogP contribution in [0.15, 0.2) is 45.7 Å². The number of carbonyl (C=O) groups is 2. The minimum absolute atomic E-state index is 0.0408. The first-order chi connectivity index (χ1) is 19.7. The van der Waals surface area contributed by atoms with Crippen molar-refractivity contribution in [3.63, 3.8) is 0 Å². The fraction of sp³-hybridized carbons (Fsp3) is 0.429. The van der Waals surface area contributed by atoms with Gasteiger partial charge in [-0.05, 0) is 61.9 Å². The molecule has 3 aromatic rings. The maximum absolute atomic E-state index is 15.8. The minimum Gasteiger partial charge on any atom is -0.412 e. The third-order valence-electron chi connectivity index (χ3n) is 8.22. The molecule has 3 aliphatic rings. The summed E-state index contributed by atoms with van der Waals surface area (Å²) < 4.78 is 33.2. The van der Waals surface area contributed by atoms with E-state index in [1.807, 2.05) is 4.90 Å². The lowest BCUT2D eigenvalue weighted by molar-refractivity contribution is -0.119. The van der Waals surface area contributed by atoms with Gasteiger partial charge in [-0.3, -0.25) is 18.0 Å². The predicted molar refractivity (Wildman–Crippen MR) is 152 cm³/mol. The van der Waals surface area contributed by atoms with Crippen LogP contribution in [0.2, 0.25) is 5.02 Å². The predicted octanol–water partition coefficient (Wildman–Crippen LogP) is 4.85. The number of aromatic nitrogens is 2. The van der Waals surface area contributed by atoms with Gasteiger partial charge in [0.25, 0.3) is 5.89 Å². The normalized spacial score (nSPS) is 24.2. The lowest BCUT2D eigenvalue weighted by Gasteiger charge is -2.41. The Labute approximate surface area is 243 Å². The van der Waals surface area contributed by atoms with Crippen LogP contribution in [0.25, 0.3) is 11.5 Å². The average Bonchev–Trinajstić information content (AvgIpc) is 3.54. The second-order valence-corrected chi connectivity index (χ2v) is 13.6. The Morgan fingerprint density at radius 3 is 2.46 bits per heavy atom. The average molecular weight is 604 g/mol. The number of hydrogen-bond donors (Lipinski definition) is 1. The van der Waals surface area contributed by atoms with Crippen LogP contribution in [0.3, 0.4) is 0 Å². The van der Waals surface area contributed by atoms with Crippen LogP contribution in [0, 0.1) is 5.82 Å². The number of anilines is 1. The molecule has 2 aromatic carbocycles. The van der Waals surface area contributed by atoms with Crippen molar-refractivity contribution >= 4 is 39.7 Å². The van der Waals surface area contributed by atoms with E-state index in [1.165, 1.54) is 31.3 Å². The van der Waals surface area contributed by atoms with Crippen LogP contribution in [0.5, 0.6) is 0 Å². The summed E-state index contributed by atoms with van der Waals surface area (Å²) in [5.74, 6) is -1.72. The molecule has 2 N–H and O–H groups in total. The van der Waals surface area contributed by atoms with Crippen molar-refractivity contribution < 1.29 is 26.8 Å². The number of rotatable bonds is 6. The Hall–Kier alpha value is -3.03. The molecule has 2 fully saturated rings. The molecule has 2 saturated heterocycles. The first kappa shape index (κ1) is 28.1. The molecule has 3 atom stereocenters. The topological polar surface area (TPSA) is 124 Å². The zero-order chi connectivity index (χ0) is 28.9. The summed E-state index contributed by atoms with van der Waals surface area (Å²) in [6.07, 6.45) is 4.91. The molecule has 4 heterocycles. The van der Waals surface area contributed by atoms with Crippen LogP contribution in [-0.4, -0.2) is 65.0 Å². The second-order valence-electron chi connectivity index (χ2n) is 10.5. The summed E-state index contributed by atoms with van der Waals surface area (Å²) in [5.41, 5.74) is 7.42. The van der Waals surface area contributed by atoms with Gasteiger partial charge in [0.1, 0.15) is 11.9 Å². The van der Waals surface area contributed by atoms with Crippen molar-refractivity contribution in [1.82, 2.24) is 15.1 Å². The Morgan fingerprint density at radius 1 is 1.12 bits per heavy atom. The maximum atomic E-state index is 15.8. The van der Waals surface area contributed by atoms with Gasteiger partial charge in [-0.25, -0.2) is 4.39 Å². The van der Waals surface area contributed by atoms with Gasteiger partial charge in [0.05, 0.1) is 42.7 Å². The molecule has 3 aliphatic heterocycles. The van der Waals surface area contributed by atoms with E-state index in [0.29, 0.717) is 15.6 Å². The number of fused-ring (bicyclic) bond motifs is 3. The van der Waals surface area contributed by atoms with E-state index in [1.54, 1.807) is 24.3 Å². The van der Waals surface area contributed by atoms with Gasteiger partial charge in [-0.15, -0.1) is 10.2 Å². The Bertz CT molecular complexity index is 1470. The monoisotopic (exact) mass is 603 g/mol. The molecular formula is C28H31ClFN5O5S. The van der Waals surface area contributed by atoms with Crippen molar-refractivity contribution in [2.24, 2.45) is 5.73 Å². The maximum Gasteiger partial charge on any atom is 0.311 e. The number of nitrogens with two attached hydrogens (primary N) is 1. The van der Waals surface area contributed by atoms with Crippen molar-refractivity contribution in [1.29, 1.82) is 0 Å². The van der Waals surface area contributed by atoms with Crippen LogP contribution < -0.4 is 10.6 Å². The van der Waals surface area contributed by atoms with E-state index in [-0.39, 0.29) is 53.5 Å². The van der Waals surface area contributed by atoms with E-state index in [0.717, 1.165) is 37.7 Å². The molecule has 0 radical (unpaired) electrons. The highest BCUT2D eigenvalue weighted by atomic mass is 35.5. The van der Waals surface area contributed by atoms with Gasteiger partial charge in [0, 0.05) is 17.1 Å². The van der Waals surface area contributed by atoms with E-state index < -0.39 is 22.4 Å². The summed E-state index contributed by atoms with van der Waals surface area (Å²) in [6.45, 7) is 0.135. The molecule has 13 heteroatoms. The van der Waals surface area contributed by atoms with Gasteiger partial charge < -0.3 is 20.0 Å². The highest BCUT2D eigenvalue weighted by molar-refractivity contribution is 8.26. The summed E-state index contributed by atoms with van der Waals surface area (Å²) in [5, 5.41) is 8.57. The lowest BCUT2D eigenvalue weighted by Crippen LogP contribution is -2.44. The van der Waals surface area contributed by atoms with E-state index in [4.69, 9.17) is 30.1 Å². The summed E-state index contributed by atoms with van der Waals surface area (Å²) in [4.78, 5) is 30.7. The number of piperidine rings is 1. The second kappa shape index (κ2) is 11.0. The molecule has 0 saturated carbocycles. The molecule has 0 aliphatic carbocycles. The molecule has 0 spiro atoms. The lowest BCUT2D eigenvalue weighted by atomic mass is 10.0. The Kier molecular flexibility index (Phi) is 7.53. The largest absolute Gasteiger partial charge is 0.412 e. The van der Waals surface area contributed by atoms with Crippen LogP contribution in [0.1, 0.15) is 48.4 Å².